The van der Waals surface area contributed by atoms with E-state index in [1.54, 1.807) is 0 Å². The fraction of sp³-hybridized carbons (Fsp3) is 0.333. The van der Waals surface area contributed by atoms with Crippen molar-refractivity contribution in [3.8, 4) is 17.5 Å². The zero-order valence-corrected chi connectivity index (χ0v) is 20.1. The number of carbonyl (C=O) groups is 1. The van der Waals surface area contributed by atoms with Crippen LogP contribution >= 0.6 is 7.82 Å². The number of halogens is 3. The topological polar surface area (TPSA) is 159 Å². The third-order valence-corrected chi connectivity index (χ3v) is 5.90. The molecule has 37 heavy (non-hydrogen) atoms. The number of carbonyl (C=O) groups excluding carboxylic acids is 1. The van der Waals surface area contributed by atoms with E-state index in [1.165, 1.54) is 34.1 Å². The molecule has 12 nitrogen and oxygen atoms in total. The second kappa shape index (κ2) is 9.98. The molecule has 0 saturated heterocycles. The first-order valence-electron chi connectivity index (χ1n) is 10.9. The summed E-state index contributed by atoms with van der Waals surface area (Å²) in [5.74, 6) is -0.532. The van der Waals surface area contributed by atoms with E-state index in [4.69, 9.17) is 0 Å². The van der Waals surface area contributed by atoms with E-state index in [0.717, 1.165) is 16.7 Å². The first kappa shape index (κ1) is 26.4. The second-order valence-corrected chi connectivity index (χ2v) is 9.35. The monoisotopic (exact) mass is 539 g/mol. The van der Waals surface area contributed by atoms with Crippen LogP contribution in [0.3, 0.4) is 0 Å². The highest BCUT2D eigenvalue weighted by Crippen LogP contribution is 2.38. The molecule has 196 valence electrons. The van der Waals surface area contributed by atoms with E-state index in [1.807, 2.05) is 13.0 Å². The molecule has 0 saturated carbocycles. The maximum Gasteiger partial charge on any atom is 0.471 e. The molecular weight excluding hydrogens is 518 g/mol. The molecule has 1 atom stereocenters. The number of imidazole rings is 1. The summed E-state index contributed by atoms with van der Waals surface area (Å²) in [7, 11) is -4.94. The van der Waals surface area contributed by atoms with Crippen LogP contribution in [0.1, 0.15) is 35.0 Å². The number of aromatic nitrogens is 4. The van der Waals surface area contributed by atoms with E-state index in [-0.39, 0.29) is 30.4 Å². The third kappa shape index (κ3) is 5.67. The van der Waals surface area contributed by atoms with Crippen molar-refractivity contribution in [3.63, 3.8) is 0 Å². The lowest BCUT2D eigenvalue weighted by atomic mass is 10.1. The Morgan fingerprint density at radius 3 is 2.73 bits per heavy atom. The summed E-state index contributed by atoms with van der Waals surface area (Å²) < 4.78 is 57.7. The molecule has 3 heterocycles. The number of hydrogen-bond donors (Lipinski definition) is 3. The molecule has 1 aromatic carbocycles. The average Bonchev–Trinajstić information content (AvgIpc) is 3.43. The van der Waals surface area contributed by atoms with Crippen molar-refractivity contribution < 1.29 is 36.8 Å². The molecule has 0 radical (unpaired) electrons. The largest absolute Gasteiger partial charge is 0.471 e. The molecule has 16 heteroatoms. The first-order valence-corrected chi connectivity index (χ1v) is 12.4. The van der Waals surface area contributed by atoms with E-state index in [0.29, 0.717) is 17.5 Å². The highest BCUT2D eigenvalue weighted by Gasteiger charge is 2.37. The summed E-state index contributed by atoms with van der Waals surface area (Å²) in [6.45, 7) is 1.29. The van der Waals surface area contributed by atoms with Crippen LogP contribution < -0.4 is 5.32 Å². The van der Waals surface area contributed by atoms with Gasteiger partial charge < -0.3 is 20.0 Å². The van der Waals surface area contributed by atoms with E-state index < -0.39 is 38.4 Å². The molecule has 1 amide bonds. The minimum absolute atomic E-state index is 0.0126. The molecule has 0 fully saturated rings. The number of amides is 1. The van der Waals surface area contributed by atoms with E-state index in [9.17, 15) is 37.6 Å². The summed E-state index contributed by atoms with van der Waals surface area (Å²) in [5, 5.41) is 16.5. The Balaban J connectivity index is 1.71. The van der Waals surface area contributed by atoms with Gasteiger partial charge in [-0.05, 0) is 24.1 Å². The van der Waals surface area contributed by atoms with E-state index >= 15 is 0 Å². The van der Waals surface area contributed by atoms with Gasteiger partial charge in [0.1, 0.15) is 18.6 Å². The standard InChI is InChI=1S/C21H21F3N7O5P/c1-2-6-30-16(8-25)27-18-17(20(30)32)31(12-36-37(33,34)35)19(28-18)14-9-26-29(11-14)10-13-4-3-5-15(7-13)21(22,23)24/h3-5,7,9,11,16,27H,2,6,10,12H2,1H3,(H2,33,34,35). The van der Waals surface area contributed by atoms with Crippen LogP contribution in [-0.2, 0) is 28.5 Å². The molecule has 3 aromatic rings. The number of benzene rings is 1. The van der Waals surface area contributed by atoms with Crippen molar-refractivity contribution in [1.82, 2.24) is 24.2 Å². The van der Waals surface area contributed by atoms with Gasteiger partial charge in [-0.25, -0.2) is 9.55 Å². The van der Waals surface area contributed by atoms with Crippen LogP contribution in [-0.4, -0.2) is 52.6 Å². The van der Waals surface area contributed by atoms with Gasteiger partial charge in [-0.15, -0.1) is 0 Å². The summed E-state index contributed by atoms with van der Waals surface area (Å²) in [4.78, 5) is 37.3. The van der Waals surface area contributed by atoms with Crippen molar-refractivity contribution >= 4 is 19.5 Å². The molecule has 1 aliphatic heterocycles. The van der Waals surface area contributed by atoms with Gasteiger partial charge >= 0.3 is 14.0 Å². The summed E-state index contributed by atoms with van der Waals surface area (Å²) in [6.07, 6.45) is -2.17. The number of alkyl halides is 3. The lowest BCUT2D eigenvalue weighted by Crippen LogP contribution is -2.49. The molecular formula is C21H21F3N7O5P. The zero-order valence-electron chi connectivity index (χ0n) is 19.3. The molecule has 1 unspecified atom stereocenters. The summed E-state index contributed by atoms with van der Waals surface area (Å²) in [5.41, 5.74) is -0.251. The molecule has 2 aromatic heterocycles. The number of nitrogens with one attached hydrogen (secondary N) is 1. The fourth-order valence-electron chi connectivity index (χ4n) is 3.88. The van der Waals surface area contributed by atoms with Crippen molar-refractivity contribution in [2.24, 2.45) is 0 Å². The number of hydrogen-bond acceptors (Lipinski definition) is 7. The van der Waals surface area contributed by atoms with Crippen molar-refractivity contribution in [2.75, 3.05) is 11.9 Å². The Kier molecular flexibility index (Phi) is 7.11. The molecule has 3 N–H and O–H groups in total. The van der Waals surface area contributed by atoms with Crippen LogP contribution in [0.5, 0.6) is 0 Å². The predicted molar refractivity (Wildman–Crippen MR) is 121 cm³/mol. The molecule has 0 bridgehead atoms. The van der Waals surface area contributed by atoms with Gasteiger partial charge in [0.2, 0.25) is 0 Å². The second-order valence-electron chi connectivity index (χ2n) is 8.11. The Morgan fingerprint density at radius 2 is 2.08 bits per heavy atom. The van der Waals surface area contributed by atoms with Gasteiger partial charge in [-0.2, -0.15) is 23.5 Å². The number of rotatable bonds is 8. The molecule has 0 spiro atoms. The van der Waals surface area contributed by atoms with Gasteiger partial charge in [0, 0.05) is 12.7 Å². The average molecular weight is 539 g/mol. The zero-order chi connectivity index (χ0) is 27.0. The number of anilines is 1. The highest BCUT2D eigenvalue weighted by atomic mass is 31.2. The van der Waals surface area contributed by atoms with Crippen LogP contribution in [0.15, 0.2) is 36.7 Å². The SMILES string of the molecule is CCCN1C(=O)c2c(nc(-c3cnn(Cc4cccc(C(F)(F)F)c4)c3)n2COP(=O)(O)O)NC1C#N. The van der Waals surface area contributed by atoms with Crippen LogP contribution in [0, 0.1) is 11.3 Å². The summed E-state index contributed by atoms with van der Waals surface area (Å²) in [6, 6.07) is 6.73. The highest BCUT2D eigenvalue weighted by molar-refractivity contribution is 7.46. The minimum atomic E-state index is -4.94. The smallest absolute Gasteiger partial charge is 0.336 e. The number of nitriles is 1. The van der Waals surface area contributed by atoms with Gasteiger partial charge in [0.15, 0.2) is 17.7 Å². The Bertz CT molecular complexity index is 1410. The van der Waals surface area contributed by atoms with Crippen LogP contribution in [0.2, 0.25) is 0 Å². The van der Waals surface area contributed by atoms with Crippen LogP contribution in [0.4, 0.5) is 19.0 Å². The number of phosphoric ester groups is 1. The van der Waals surface area contributed by atoms with Crippen molar-refractivity contribution in [2.45, 2.75) is 39.0 Å². The van der Waals surface area contributed by atoms with Crippen LogP contribution in [0.25, 0.3) is 11.4 Å². The normalized spacial score (nSPS) is 15.9. The van der Waals surface area contributed by atoms with Crippen molar-refractivity contribution in [1.29, 1.82) is 5.26 Å². The Hall–Kier alpha value is -3.70. The number of phosphoric acid groups is 1. The number of nitrogens with zero attached hydrogens (tertiary/aromatic N) is 6. The maximum absolute atomic E-state index is 13.2. The third-order valence-electron chi connectivity index (χ3n) is 5.45. The maximum atomic E-state index is 13.2. The lowest BCUT2D eigenvalue weighted by molar-refractivity contribution is -0.137. The fourth-order valence-corrected chi connectivity index (χ4v) is 4.15. The molecule has 1 aliphatic rings. The number of fused-ring (bicyclic) bond motifs is 1. The summed E-state index contributed by atoms with van der Waals surface area (Å²) >= 11 is 0. The predicted octanol–water partition coefficient (Wildman–Crippen LogP) is 3.01. The first-order chi connectivity index (χ1) is 17.4. The van der Waals surface area contributed by atoms with Gasteiger partial charge in [0.25, 0.3) is 5.91 Å². The Morgan fingerprint density at radius 1 is 1.32 bits per heavy atom. The quantitative estimate of drug-likeness (QED) is 0.366. The minimum Gasteiger partial charge on any atom is -0.336 e. The van der Waals surface area contributed by atoms with Gasteiger partial charge in [0.05, 0.1) is 23.9 Å². The molecule has 0 aliphatic carbocycles. The van der Waals surface area contributed by atoms with Gasteiger partial charge in [-0.1, -0.05) is 19.1 Å². The van der Waals surface area contributed by atoms with Gasteiger partial charge in [-0.3, -0.25) is 18.6 Å². The van der Waals surface area contributed by atoms with E-state index in [2.05, 4.69) is 19.9 Å². The molecule has 4 rings (SSSR count). The lowest BCUT2D eigenvalue weighted by Gasteiger charge is -2.32. The Labute approximate surface area is 208 Å². The van der Waals surface area contributed by atoms with Crippen molar-refractivity contribution in [3.05, 3.63) is 53.5 Å².